The lowest BCUT2D eigenvalue weighted by atomic mass is 10.2. The Kier molecular flexibility index (Phi) is 4.45. The molecule has 0 spiro atoms. The molecule has 0 saturated carbocycles. The van der Waals surface area contributed by atoms with Crippen LogP contribution in [-0.4, -0.2) is 28.2 Å². The Bertz CT molecular complexity index is 937. The van der Waals surface area contributed by atoms with Crippen molar-refractivity contribution in [2.75, 3.05) is 29.0 Å². The van der Waals surface area contributed by atoms with Crippen molar-refractivity contribution in [2.24, 2.45) is 0 Å². The Labute approximate surface area is 160 Å². The molecule has 2 aliphatic heterocycles. The van der Waals surface area contributed by atoms with E-state index in [1.165, 1.54) is 10.4 Å². The van der Waals surface area contributed by atoms with Gasteiger partial charge in [0.2, 0.25) is 0 Å². The maximum atomic E-state index is 13.2. The van der Waals surface area contributed by atoms with Gasteiger partial charge in [-0.3, -0.25) is 0 Å². The average Bonchev–Trinajstić information content (AvgIpc) is 3.17. The predicted octanol–water partition coefficient (Wildman–Crippen LogP) is 3.90. The molecule has 2 aliphatic rings. The number of fused-ring (bicyclic) bond motifs is 1. The summed E-state index contributed by atoms with van der Waals surface area (Å²) in [6, 6.07) is 8.95. The van der Waals surface area contributed by atoms with Crippen molar-refractivity contribution in [1.29, 1.82) is 0 Å². The highest BCUT2D eigenvalue weighted by molar-refractivity contribution is 7.94. The zero-order valence-corrected chi connectivity index (χ0v) is 16.2. The van der Waals surface area contributed by atoms with Crippen LogP contribution in [0.2, 0.25) is 9.36 Å². The van der Waals surface area contributed by atoms with E-state index in [9.17, 15) is 8.42 Å². The Morgan fingerprint density at radius 2 is 1.92 bits per heavy atom. The summed E-state index contributed by atoms with van der Waals surface area (Å²) in [5.74, 6) is 0. The van der Waals surface area contributed by atoms with Crippen LogP contribution in [0.25, 0.3) is 0 Å². The minimum atomic E-state index is -3.73. The minimum absolute atomic E-state index is 0.151. The highest BCUT2D eigenvalue weighted by Crippen LogP contribution is 2.43. The summed E-state index contributed by atoms with van der Waals surface area (Å²) < 4.78 is 28.2. The first-order valence-electron chi connectivity index (χ1n) is 7.72. The number of sulfonamides is 1. The molecular weight excluding hydrogens is 401 g/mol. The van der Waals surface area contributed by atoms with Crippen LogP contribution < -0.4 is 14.5 Å². The van der Waals surface area contributed by atoms with Gasteiger partial charge in [0.05, 0.1) is 16.4 Å². The summed E-state index contributed by atoms with van der Waals surface area (Å²) >= 11 is 12.9. The number of anilines is 2. The van der Waals surface area contributed by atoms with E-state index in [4.69, 9.17) is 23.2 Å². The third-order valence-electron chi connectivity index (χ3n) is 4.26. The van der Waals surface area contributed by atoms with Crippen molar-refractivity contribution >= 4 is 55.9 Å². The van der Waals surface area contributed by atoms with Crippen molar-refractivity contribution in [3.8, 4) is 0 Å². The molecule has 1 aromatic heterocycles. The molecular formula is C16H15Cl2N3O2S2. The largest absolute Gasteiger partial charge is 0.324 e. The molecule has 25 heavy (non-hydrogen) atoms. The summed E-state index contributed by atoms with van der Waals surface area (Å²) in [6.45, 7) is 1.92. The lowest BCUT2D eigenvalue weighted by Crippen LogP contribution is -2.36. The number of hydrogen-bond acceptors (Lipinski definition) is 5. The van der Waals surface area contributed by atoms with Gasteiger partial charge in [-0.05, 0) is 24.6 Å². The first kappa shape index (κ1) is 17.2. The van der Waals surface area contributed by atoms with Gasteiger partial charge in [-0.2, -0.15) is 0 Å². The van der Waals surface area contributed by atoms with E-state index in [-0.39, 0.29) is 20.2 Å². The molecule has 1 aromatic carbocycles. The number of thiophene rings is 1. The molecule has 0 atom stereocenters. The predicted molar refractivity (Wildman–Crippen MR) is 103 cm³/mol. The molecule has 0 aliphatic carbocycles. The molecule has 9 heteroatoms. The van der Waals surface area contributed by atoms with Gasteiger partial charge in [-0.15, -0.1) is 11.3 Å². The van der Waals surface area contributed by atoms with Gasteiger partial charge in [-0.25, -0.2) is 12.7 Å². The lowest BCUT2D eigenvalue weighted by Gasteiger charge is -2.26. The van der Waals surface area contributed by atoms with E-state index in [1.54, 1.807) is 0 Å². The molecule has 0 radical (unpaired) electrons. The fourth-order valence-electron chi connectivity index (χ4n) is 3.05. The third kappa shape index (κ3) is 2.94. The van der Waals surface area contributed by atoms with E-state index in [1.807, 2.05) is 24.3 Å². The molecule has 2 aromatic rings. The summed E-state index contributed by atoms with van der Waals surface area (Å²) in [4.78, 5) is 2.06. The van der Waals surface area contributed by atoms with Gasteiger partial charge in [0.15, 0.2) is 0 Å². The number of rotatable bonds is 3. The van der Waals surface area contributed by atoms with Crippen LogP contribution in [0.3, 0.4) is 0 Å². The zero-order chi connectivity index (χ0) is 17.6. The van der Waals surface area contributed by atoms with Crippen molar-refractivity contribution in [2.45, 2.75) is 10.6 Å². The van der Waals surface area contributed by atoms with Gasteiger partial charge < -0.3 is 10.2 Å². The highest BCUT2D eigenvalue weighted by atomic mass is 35.5. The number of nitrogens with one attached hydrogen (secondary N) is 1. The second-order valence-corrected chi connectivity index (χ2v) is 9.90. The van der Waals surface area contributed by atoms with Gasteiger partial charge in [0, 0.05) is 18.8 Å². The fraction of sp³-hybridized carbons (Fsp3) is 0.250. The second-order valence-electron chi connectivity index (χ2n) is 5.75. The Balaban J connectivity index is 1.77. The average molecular weight is 416 g/mol. The number of hydrogen-bond donors (Lipinski definition) is 1. The number of nitrogens with zero attached hydrogens (tertiary/aromatic N) is 2. The summed E-state index contributed by atoms with van der Waals surface area (Å²) in [6.07, 6.45) is 2.97. The maximum Gasteiger partial charge on any atom is 0.275 e. The molecule has 0 fully saturated rings. The Morgan fingerprint density at radius 3 is 2.56 bits per heavy atom. The van der Waals surface area contributed by atoms with Gasteiger partial charge in [0.1, 0.15) is 15.2 Å². The standard InChI is InChI=1S/C16H15Cl2N3O2S2/c17-12-9-15(24-16(12)18)25(22,23)21-10-20(11-5-7-19-8-6-11)13-3-1-2-4-14(13)21/h1-5,9,19H,6-8,10H2. The summed E-state index contributed by atoms with van der Waals surface area (Å²) in [5, 5.41) is 3.54. The smallest absolute Gasteiger partial charge is 0.275 e. The first-order valence-corrected chi connectivity index (χ1v) is 10.7. The van der Waals surface area contributed by atoms with Crippen molar-refractivity contribution in [3.05, 3.63) is 51.5 Å². The number of para-hydroxylation sites is 2. The molecule has 1 N–H and O–H groups in total. The molecule has 132 valence electrons. The maximum absolute atomic E-state index is 13.2. The number of halogens is 2. The van der Waals surface area contributed by atoms with Crippen LogP contribution in [0.4, 0.5) is 11.4 Å². The van der Waals surface area contributed by atoms with Crippen LogP contribution in [0.15, 0.2) is 46.3 Å². The Hall–Kier alpha value is -1.25. The van der Waals surface area contributed by atoms with Crippen molar-refractivity contribution in [3.63, 3.8) is 0 Å². The quantitative estimate of drug-likeness (QED) is 0.825. The fourth-order valence-corrected chi connectivity index (χ4v) is 6.46. The van der Waals surface area contributed by atoms with Crippen LogP contribution in [0.5, 0.6) is 0 Å². The minimum Gasteiger partial charge on any atom is -0.324 e. The molecule has 0 bridgehead atoms. The van der Waals surface area contributed by atoms with E-state index < -0.39 is 10.0 Å². The second kappa shape index (κ2) is 6.48. The first-order chi connectivity index (χ1) is 12.0. The van der Waals surface area contributed by atoms with Crippen LogP contribution in [0, 0.1) is 0 Å². The summed E-state index contributed by atoms with van der Waals surface area (Å²) in [7, 11) is -3.73. The highest BCUT2D eigenvalue weighted by Gasteiger charge is 2.37. The van der Waals surface area contributed by atoms with E-state index in [2.05, 4.69) is 16.3 Å². The van der Waals surface area contributed by atoms with Gasteiger partial charge in [0.25, 0.3) is 10.0 Å². The van der Waals surface area contributed by atoms with Crippen LogP contribution in [0.1, 0.15) is 6.42 Å². The molecule has 3 heterocycles. The normalized spacial score (nSPS) is 17.6. The van der Waals surface area contributed by atoms with Crippen LogP contribution >= 0.6 is 34.5 Å². The third-order valence-corrected chi connectivity index (χ3v) is 8.33. The SMILES string of the molecule is O=S(=O)(c1cc(Cl)c(Cl)s1)N1CN(C2=CCNCC2)c2ccccc21. The van der Waals surface area contributed by atoms with Gasteiger partial charge >= 0.3 is 0 Å². The van der Waals surface area contributed by atoms with Crippen molar-refractivity contribution in [1.82, 2.24) is 5.32 Å². The monoisotopic (exact) mass is 415 g/mol. The molecule has 0 unspecified atom stereocenters. The molecule has 4 rings (SSSR count). The molecule has 0 saturated heterocycles. The van der Waals surface area contributed by atoms with Gasteiger partial charge in [-0.1, -0.05) is 41.4 Å². The topological polar surface area (TPSA) is 52.7 Å². The summed E-state index contributed by atoms with van der Waals surface area (Å²) in [5.41, 5.74) is 2.70. The lowest BCUT2D eigenvalue weighted by molar-refractivity contribution is 0.593. The van der Waals surface area contributed by atoms with Crippen LogP contribution in [-0.2, 0) is 10.0 Å². The number of benzene rings is 1. The molecule has 5 nitrogen and oxygen atoms in total. The molecule has 0 amide bonds. The Morgan fingerprint density at radius 1 is 1.16 bits per heavy atom. The van der Waals surface area contributed by atoms with E-state index in [0.717, 1.165) is 42.2 Å². The zero-order valence-electron chi connectivity index (χ0n) is 13.1. The van der Waals surface area contributed by atoms with E-state index >= 15 is 0 Å². The van der Waals surface area contributed by atoms with Crippen molar-refractivity contribution < 1.29 is 8.42 Å². The van der Waals surface area contributed by atoms with E-state index in [0.29, 0.717) is 5.69 Å².